The van der Waals surface area contributed by atoms with Gasteiger partial charge in [-0.3, -0.25) is 9.69 Å². The van der Waals surface area contributed by atoms with Gasteiger partial charge in [-0.2, -0.15) is 0 Å². The maximum atomic E-state index is 12.4. The fraction of sp³-hybridized carbons (Fsp3) is 0.615. The summed E-state index contributed by atoms with van der Waals surface area (Å²) in [6, 6.07) is 1.83. The first-order valence-electron chi connectivity index (χ1n) is 6.50. The molecule has 106 valence electrons. The van der Waals surface area contributed by atoms with Crippen LogP contribution in [-0.2, 0) is 0 Å². The van der Waals surface area contributed by atoms with Crippen LogP contribution in [0.5, 0.6) is 5.75 Å². The summed E-state index contributed by atoms with van der Waals surface area (Å²) in [7, 11) is 1.59. The molecule has 5 nitrogen and oxygen atoms in total. The van der Waals surface area contributed by atoms with E-state index in [1.807, 2.05) is 16.3 Å². The van der Waals surface area contributed by atoms with Gasteiger partial charge < -0.3 is 14.7 Å². The predicted octanol–water partition coefficient (Wildman–Crippen LogP) is 0.897. The van der Waals surface area contributed by atoms with Gasteiger partial charge in [-0.1, -0.05) is 0 Å². The van der Waals surface area contributed by atoms with Crippen molar-refractivity contribution in [1.82, 2.24) is 9.80 Å². The molecule has 19 heavy (non-hydrogen) atoms. The molecule has 0 saturated carbocycles. The first-order chi connectivity index (χ1) is 9.26. The van der Waals surface area contributed by atoms with Gasteiger partial charge in [0.25, 0.3) is 5.91 Å². The quantitative estimate of drug-likeness (QED) is 0.892. The highest BCUT2D eigenvalue weighted by Gasteiger charge is 2.23. The highest BCUT2D eigenvalue weighted by atomic mass is 32.1. The summed E-state index contributed by atoms with van der Waals surface area (Å²) in [6.07, 6.45) is 0.944. The molecule has 1 aliphatic heterocycles. The maximum absolute atomic E-state index is 12.4. The largest absolute Gasteiger partial charge is 0.495 e. The normalized spacial score (nSPS) is 17.3. The highest BCUT2D eigenvalue weighted by molar-refractivity contribution is 7.12. The predicted molar refractivity (Wildman–Crippen MR) is 74.9 cm³/mol. The average molecular weight is 284 g/mol. The van der Waals surface area contributed by atoms with Crippen LogP contribution in [-0.4, -0.2) is 67.3 Å². The second-order valence-electron chi connectivity index (χ2n) is 4.53. The van der Waals surface area contributed by atoms with Crippen molar-refractivity contribution >= 4 is 17.2 Å². The first-order valence-corrected chi connectivity index (χ1v) is 7.38. The van der Waals surface area contributed by atoms with E-state index >= 15 is 0 Å². The smallest absolute Gasteiger partial charge is 0.267 e. The molecule has 2 heterocycles. The van der Waals surface area contributed by atoms with Crippen LogP contribution in [0, 0.1) is 0 Å². The minimum absolute atomic E-state index is 0.0534. The van der Waals surface area contributed by atoms with Crippen molar-refractivity contribution in [3.05, 3.63) is 16.3 Å². The molecule has 1 aromatic rings. The Labute approximate surface area is 117 Å². The molecule has 0 unspecified atom stereocenters. The molecule has 0 bridgehead atoms. The summed E-state index contributed by atoms with van der Waals surface area (Å²) in [5.74, 6) is 0.712. The van der Waals surface area contributed by atoms with E-state index in [0.29, 0.717) is 23.7 Å². The van der Waals surface area contributed by atoms with Gasteiger partial charge in [0.2, 0.25) is 0 Å². The van der Waals surface area contributed by atoms with E-state index in [1.165, 1.54) is 11.3 Å². The molecule has 0 atom stereocenters. The lowest BCUT2D eigenvalue weighted by molar-refractivity contribution is 0.0762. The molecule has 1 saturated heterocycles. The third-order valence-corrected chi connectivity index (χ3v) is 4.22. The summed E-state index contributed by atoms with van der Waals surface area (Å²) >= 11 is 1.42. The van der Waals surface area contributed by atoms with Crippen molar-refractivity contribution < 1.29 is 14.6 Å². The minimum Gasteiger partial charge on any atom is -0.495 e. The third-order valence-electron chi connectivity index (χ3n) is 3.34. The molecule has 6 heteroatoms. The summed E-state index contributed by atoms with van der Waals surface area (Å²) in [4.78, 5) is 17.2. The number of methoxy groups -OCH3 is 1. The second-order valence-corrected chi connectivity index (χ2v) is 5.45. The van der Waals surface area contributed by atoms with Crippen molar-refractivity contribution in [2.24, 2.45) is 0 Å². The lowest BCUT2D eigenvalue weighted by Crippen LogP contribution is -2.35. The van der Waals surface area contributed by atoms with Gasteiger partial charge in [-0.05, 0) is 24.4 Å². The van der Waals surface area contributed by atoms with Crippen molar-refractivity contribution in [2.45, 2.75) is 6.42 Å². The van der Waals surface area contributed by atoms with Crippen molar-refractivity contribution in [1.29, 1.82) is 0 Å². The molecule has 0 spiro atoms. The molecule has 0 aliphatic carbocycles. The number of aliphatic hydroxyl groups excluding tert-OH is 1. The number of amides is 1. The minimum atomic E-state index is 0.0534. The van der Waals surface area contributed by atoms with Gasteiger partial charge in [0.15, 0.2) is 0 Å². The summed E-state index contributed by atoms with van der Waals surface area (Å²) in [5, 5.41) is 10.8. The number of rotatable bonds is 4. The Balaban J connectivity index is 2.00. The lowest BCUT2D eigenvalue weighted by Gasteiger charge is -2.21. The summed E-state index contributed by atoms with van der Waals surface area (Å²) < 4.78 is 5.21. The van der Waals surface area contributed by atoms with E-state index in [1.54, 1.807) is 7.11 Å². The number of thiophene rings is 1. The van der Waals surface area contributed by atoms with Crippen molar-refractivity contribution in [3.8, 4) is 5.75 Å². The zero-order valence-electron chi connectivity index (χ0n) is 11.2. The Hall–Kier alpha value is -1.11. The lowest BCUT2D eigenvalue weighted by atomic mass is 10.3. The van der Waals surface area contributed by atoms with Gasteiger partial charge in [0.1, 0.15) is 10.6 Å². The summed E-state index contributed by atoms with van der Waals surface area (Å²) in [5.41, 5.74) is 0. The number of carbonyl (C=O) groups is 1. The monoisotopic (exact) mass is 284 g/mol. The zero-order chi connectivity index (χ0) is 13.7. The van der Waals surface area contributed by atoms with Gasteiger partial charge in [0.05, 0.1) is 13.7 Å². The molecular formula is C13H20N2O3S. The van der Waals surface area contributed by atoms with Crippen LogP contribution in [0.15, 0.2) is 11.4 Å². The molecule has 2 rings (SSSR count). The van der Waals surface area contributed by atoms with E-state index in [4.69, 9.17) is 9.84 Å². The molecule has 1 amide bonds. The van der Waals surface area contributed by atoms with Gasteiger partial charge >= 0.3 is 0 Å². The topological polar surface area (TPSA) is 53.0 Å². The van der Waals surface area contributed by atoms with Crippen LogP contribution in [0.4, 0.5) is 0 Å². The number of ether oxygens (including phenoxy) is 1. The van der Waals surface area contributed by atoms with E-state index in [0.717, 1.165) is 26.1 Å². The Morgan fingerprint density at radius 1 is 1.42 bits per heavy atom. The molecule has 0 radical (unpaired) electrons. The highest BCUT2D eigenvalue weighted by Crippen LogP contribution is 2.26. The first kappa shape index (κ1) is 14.3. The van der Waals surface area contributed by atoms with Crippen LogP contribution in [0.3, 0.4) is 0 Å². The SMILES string of the molecule is COc1ccsc1C(=O)N1CCCN(CCO)CC1. The standard InChI is InChI=1S/C13H20N2O3S/c1-18-11-3-10-19-12(11)13(17)15-5-2-4-14(6-7-15)8-9-16/h3,10,16H,2,4-9H2,1H3. The number of β-amino-alcohol motifs (C(OH)–C–C–N with tert-alkyl or cyclic N) is 1. The molecule has 1 aliphatic rings. The molecule has 0 aromatic carbocycles. The van der Waals surface area contributed by atoms with Gasteiger partial charge in [0, 0.05) is 26.2 Å². The van der Waals surface area contributed by atoms with Crippen LogP contribution >= 0.6 is 11.3 Å². The second kappa shape index (κ2) is 6.88. The van der Waals surface area contributed by atoms with Gasteiger partial charge in [-0.15, -0.1) is 11.3 Å². The van der Waals surface area contributed by atoms with Crippen LogP contribution in [0.1, 0.15) is 16.1 Å². The Morgan fingerprint density at radius 3 is 3.00 bits per heavy atom. The summed E-state index contributed by atoms with van der Waals surface area (Å²) in [6.45, 7) is 4.09. The van der Waals surface area contributed by atoms with Crippen molar-refractivity contribution in [3.63, 3.8) is 0 Å². The Kier molecular flexibility index (Phi) is 5.18. The number of hydrogen-bond donors (Lipinski definition) is 1. The van der Waals surface area contributed by atoms with Crippen LogP contribution in [0.25, 0.3) is 0 Å². The third kappa shape index (κ3) is 3.46. The van der Waals surface area contributed by atoms with E-state index in [2.05, 4.69) is 4.90 Å². The Bertz CT molecular complexity index is 422. The average Bonchev–Trinajstić information content (AvgIpc) is 2.78. The number of hydrogen-bond acceptors (Lipinski definition) is 5. The van der Waals surface area contributed by atoms with E-state index in [9.17, 15) is 4.79 Å². The molecule has 1 N–H and O–H groups in total. The van der Waals surface area contributed by atoms with E-state index in [-0.39, 0.29) is 12.5 Å². The fourth-order valence-electron chi connectivity index (χ4n) is 2.30. The molecule has 1 aromatic heterocycles. The Morgan fingerprint density at radius 2 is 2.26 bits per heavy atom. The maximum Gasteiger partial charge on any atom is 0.267 e. The number of aliphatic hydroxyl groups is 1. The number of nitrogens with zero attached hydrogens (tertiary/aromatic N) is 2. The zero-order valence-corrected chi connectivity index (χ0v) is 12.0. The molecule has 1 fully saturated rings. The van der Waals surface area contributed by atoms with Crippen LogP contribution in [0.2, 0.25) is 0 Å². The van der Waals surface area contributed by atoms with Crippen LogP contribution < -0.4 is 4.74 Å². The van der Waals surface area contributed by atoms with Crippen molar-refractivity contribution in [2.75, 3.05) is 46.4 Å². The van der Waals surface area contributed by atoms with E-state index < -0.39 is 0 Å². The number of carbonyl (C=O) groups excluding carboxylic acids is 1. The van der Waals surface area contributed by atoms with Gasteiger partial charge in [-0.25, -0.2) is 0 Å². The fourth-order valence-corrected chi connectivity index (χ4v) is 3.12. The molecular weight excluding hydrogens is 264 g/mol.